The minimum absolute atomic E-state index is 0.00290. The molecular weight excluding hydrogens is 362 g/mol. The van der Waals surface area contributed by atoms with E-state index in [1.165, 1.54) is 16.9 Å². The largest absolute Gasteiger partial charge is 0.293 e. The summed E-state index contributed by atoms with van der Waals surface area (Å²) in [4.78, 5) is 23.0. The molecular formula is C20H19N3OS2. The molecule has 4 aromatic rings. The molecule has 0 spiro atoms. The van der Waals surface area contributed by atoms with Gasteiger partial charge in [0.1, 0.15) is 4.83 Å². The monoisotopic (exact) mass is 381 g/mol. The lowest BCUT2D eigenvalue weighted by molar-refractivity contribution is 0.730. The number of aromatic nitrogens is 3. The molecule has 3 aromatic heterocycles. The second kappa shape index (κ2) is 7.13. The summed E-state index contributed by atoms with van der Waals surface area (Å²) in [7, 11) is 0. The Labute approximate surface area is 159 Å². The third-order valence-electron chi connectivity index (χ3n) is 4.32. The fraction of sp³-hybridized carbons (Fsp3) is 0.250. The predicted octanol–water partition coefficient (Wildman–Crippen LogP) is 4.89. The topological polar surface area (TPSA) is 47.8 Å². The lowest BCUT2D eigenvalue weighted by atomic mass is 10.1. The van der Waals surface area contributed by atoms with E-state index in [1.807, 2.05) is 10.8 Å². The summed E-state index contributed by atoms with van der Waals surface area (Å²) in [5, 5.41) is 5.89. The summed E-state index contributed by atoms with van der Waals surface area (Å²) >= 11 is 3.18. The molecule has 0 atom stereocenters. The average molecular weight is 382 g/mol. The molecule has 0 amide bonds. The van der Waals surface area contributed by atoms with E-state index >= 15 is 0 Å². The van der Waals surface area contributed by atoms with Gasteiger partial charge in [-0.3, -0.25) is 9.36 Å². The summed E-state index contributed by atoms with van der Waals surface area (Å²) in [6, 6.07) is 8.26. The Morgan fingerprint density at radius 2 is 1.92 bits per heavy atom. The van der Waals surface area contributed by atoms with Gasteiger partial charge in [-0.15, -0.1) is 22.7 Å². The molecule has 26 heavy (non-hydrogen) atoms. The molecule has 0 aliphatic carbocycles. The maximum Gasteiger partial charge on any atom is 0.263 e. The Morgan fingerprint density at radius 3 is 2.69 bits per heavy atom. The molecule has 0 N–H and O–H groups in total. The second-order valence-electron chi connectivity index (χ2n) is 6.36. The zero-order valence-electron chi connectivity index (χ0n) is 14.7. The predicted molar refractivity (Wildman–Crippen MR) is 109 cm³/mol. The molecule has 1 aromatic carbocycles. The van der Waals surface area contributed by atoms with Crippen molar-refractivity contribution in [1.82, 2.24) is 14.5 Å². The molecule has 4 nitrogen and oxygen atoms in total. The molecule has 6 heteroatoms. The first-order chi connectivity index (χ1) is 12.7. The third kappa shape index (κ3) is 3.22. The normalized spacial score (nSPS) is 11.3. The van der Waals surface area contributed by atoms with Crippen LogP contribution in [0.15, 0.2) is 46.1 Å². The molecule has 3 heterocycles. The second-order valence-corrected chi connectivity index (χ2v) is 8.16. The van der Waals surface area contributed by atoms with Crippen molar-refractivity contribution in [3.8, 4) is 11.1 Å². The average Bonchev–Trinajstić information content (AvgIpc) is 3.26. The SMILES string of the molecule is CCCc1nc(Cn2cnc3scc(-c4ccc(C)cc4)c3c2=O)cs1. The van der Waals surface area contributed by atoms with Gasteiger partial charge in [-0.25, -0.2) is 9.97 Å². The molecule has 0 unspecified atom stereocenters. The van der Waals surface area contributed by atoms with Gasteiger partial charge in [-0.05, 0) is 25.3 Å². The van der Waals surface area contributed by atoms with Crippen molar-refractivity contribution in [3.05, 3.63) is 68.0 Å². The summed E-state index contributed by atoms with van der Waals surface area (Å²) < 4.78 is 1.66. The number of benzene rings is 1. The van der Waals surface area contributed by atoms with Gasteiger partial charge in [0.25, 0.3) is 5.56 Å². The van der Waals surface area contributed by atoms with Crippen LogP contribution in [0.3, 0.4) is 0 Å². The Morgan fingerprint density at radius 1 is 1.12 bits per heavy atom. The first kappa shape index (κ1) is 17.1. The van der Waals surface area contributed by atoms with E-state index < -0.39 is 0 Å². The van der Waals surface area contributed by atoms with Crippen molar-refractivity contribution < 1.29 is 0 Å². The van der Waals surface area contributed by atoms with Crippen LogP contribution in [0.4, 0.5) is 0 Å². The van der Waals surface area contributed by atoms with Gasteiger partial charge >= 0.3 is 0 Å². The number of hydrogen-bond acceptors (Lipinski definition) is 5. The van der Waals surface area contributed by atoms with Crippen LogP contribution in [-0.2, 0) is 13.0 Å². The Kier molecular flexibility index (Phi) is 4.70. The van der Waals surface area contributed by atoms with Crippen molar-refractivity contribution in [1.29, 1.82) is 0 Å². The number of thiazole rings is 1. The number of aryl methyl sites for hydroxylation is 2. The van der Waals surface area contributed by atoms with Crippen LogP contribution in [0, 0.1) is 6.92 Å². The van der Waals surface area contributed by atoms with Gasteiger partial charge in [0, 0.05) is 16.3 Å². The quantitative estimate of drug-likeness (QED) is 0.494. The van der Waals surface area contributed by atoms with Gasteiger partial charge < -0.3 is 0 Å². The van der Waals surface area contributed by atoms with Crippen molar-refractivity contribution >= 4 is 32.9 Å². The van der Waals surface area contributed by atoms with Gasteiger partial charge in [0.2, 0.25) is 0 Å². The zero-order chi connectivity index (χ0) is 18.1. The fourth-order valence-corrected chi connectivity index (χ4v) is 4.75. The Bertz CT molecular complexity index is 1110. The highest BCUT2D eigenvalue weighted by Crippen LogP contribution is 2.30. The molecule has 0 aliphatic rings. The minimum atomic E-state index is -0.00290. The number of nitrogens with zero attached hydrogens (tertiary/aromatic N) is 3. The minimum Gasteiger partial charge on any atom is -0.293 e. The molecule has 0 saturated carbocycles. The molecule has 0 radical (unpaired) electrons. The lowest BCUT2D eigenvalue weighted by Crippen LogP contribution is -2.21. The molecule has 0 saturated heterocycles. The van der Waals surface area contributed by atoms with Crippen molar-refractivity contribution in [2.24, 2.45) is 0 Å². The van der Waals surface area contributed by atoms with E-state index in [0.717, 1.165) is 39.5 Å². The highest BCUT2D eigenvalue weighted by molar-refractivity contribution is 7.17. The van der Waals surface area contributed by atoms with Crippen LogP contribution in [0.25, 0.3) is 21.3 Å². The van der Waals surface area contributed by atoms with E-state index in [2.05, 4.69) is 48.1 Å². The summed E-state index contributed by atoms with van der Waals surface area (Å²) in [5.74, 6) is 0. The van der Waals surface area contributed by atoms with Crippen LogP contribution in [-0.4, -0.2) is 14.5 Å². The van der Waals surface area contributed by atoms with E-state index in [4.69, 9.17) is 0 Å². The van der Waals surface area contributed by atoms with Crippen molar-refractivity contribution in [3.63, 3.8) is 0 Å². The van der Waals surface area contributed by atoms with Gasteiger partial charge in [0.15, 0.2) is 0 Å². The van der Waals surface area contributed by atoms with E-state index in [9.17, 15) is 4.79 Å². The van der Waals surface area contributed by atoms with Crippen LogP contribution >= 0.6 is 22.7 Å². The van der Waals surface area contributed by atoms with Crippen molar-refractivity contribution in [2.75, 3.05) is 0 Å². The molecule has 132 valence electrons. The first-order valence-electron chi connectivity index (χ1n) is 8.62. The third-order valence-corrected chi connectivity index (χ3v) is 6.16. The standard InChI is InChI=1S/C20H19N3OS2/c1-3-4-17-22-15(10-25-17)9-23-12-21-19-18(20(23)24)16(11-26-19)14-7-5-13(2)6-8-14/h5-8,10-12H,3-4,9H2,1-2H3. The van der Waals surface area contributed by atoms with Gasteiger partial charge in [0.05, 0.1) is 29.0 Å². The van der Waals surface area contributed by atoms with E-state index in [-0.39, 0.29) is 5.56 Å². The van der Waals surface area contributed by atoms with Crippen LogP contribution < -0.4 is 5.56 Å². The first-order valence-corrected chi connectivity index (χ1v) is 10.4. The number of fused-ring (bicyclic) bond motifs is 1. The lowest BCUT2D eigenvalue weighted by Gasteiger charge is -2.05. The van der Waals surface area contributed by atoms with Crippen LogP contribution in [0.5, 0.6) is 0 Å². The highest BCUT2D eigenvalue weighted by Gasteiger charge is 2.14. The maximum absolute atomic E-state index is 13.1. The number of rotatable bonds is 5. The van der Waals surface area contributed by atoms with Gasteiger partial charge in [-0.2, -0.15) is 0 Å². The maximum atomic E-state index is 13.1. The fourth-order valence-electron chi connectivity index (χ4n) is 2.95. The zero-order valence-corrected chi connectivity index (χ0v) is 16.4. The van der Waals surface area contributed by atoms with Gasteiger partial charge in [-0.1, -0.05) is 36.8 Å². The Balaban J connectivity index is 1.75. The van der Waals surface area contributed by atoms with Crippen molar-refractivity contribution in [2.45, 2.75) is 33.2 Å². The van der Waals surface area contributed by atoms with Crippen LogP contribution in [0.1, 0.15) is 29.6 Å². The molecule has 0 bridgehead atoms. The van der Waals surface area contributed by atoms with E-state index in [0.29, 0.717) is 11.9 Å². The highest BCUT2D eigenvalue weighted by atomic mass is 32.1. The smallest absolute Gasteiger partial charge is 0.263 e. The molecule has 4 rings (SSSR count). The summed E-state index contributed by atoms with van der Waals surface area (Å²) in [6.45, 7) is 4.67. The van der Waals surface area contributed by atoms with E-state index in [1.54, 1.807) is 22.2 Å². The Hall–Kier alpha value is -2.31. The number of hydrogen-bond donors (Lipinski definition) is 0. The molecule has 0 fully saturated rings. The molecule has 0 aliphatic heterocycles. The summed E-state index contributed by atoms with van der Waals surface area (Å²) in [6.07, 6.45) is 3.70. The van der Waals surface area contributed by atoms with Crippen LogP contribution in [0.2, 0.25) is 0 Å². The number of thiophene rings is 1. The summed E-state index contributed by atoms with van der Waals surface area (Å²) in [5.41, 5.74) is 4.14.